The lowest BCUT2D eigenvalue weighted by Crippen LogP contribution is -2.18. The summed E-state index contributed by atoms with van der Waals surface area (Å²) < 4.78 is 13.3. The first-order valence-electron chi connectivity index (χ1n) is 6.27. The lowest BCUT2D eigenvalue weighted by molar-refractivity contribution is 0.569. The zero-order chi connectivity index (χ0) is 14.5. The summed E-state index contributed by atoms with van der Waals surface area (Å²) in [7, 11) is 0. The minimum atomic E-state index is -0.397. The van der Waals surface area contributed by atoms with Gasteiger partial charge in [0, 0.05) is 17.6 Å². The van der Waals surface area contributed by atoms with Crippen LogP contribution in [0.15, 0.2) is 42.5 Å². The van der Waals surface area contributed by atoms with E-state index < -0.39 is 5.82 Å². The molecule has 0 saturated carbocycles. The predicted octanol–water partition coefficient (Wildman–Crippen LogP) is 4.20. The Bertz CT molecular complexity index is 649. The highest BCUT2D eigenvalue weighted by Gasteiger charge is 2.09. The molecule has 4 heteroatoms. The molecule has 0 fully saturated rings. The molecular formula is C16H14ClFN2. The highest BCUT2D eigenvalue weighted by Crippen LogP contribution is 2.22. The third kappa shape index (κ3) is 3.57. The Morgan fingerprint density at radius 1 is 1.30 bits per heavy atom. The van der Waals surface area contributed by atoms with E-state index in [4.69, 9.17) is 16.9 Å². The summed E-state index contributed by atoms with van der Waals surface area (Å²) in [6, 6.07) is 13.9. The van der Waals surface area contributed by atoms with E-state index in [0.717, 1.165) is 11.1 Å². The van der Waals surface area contributed by atoms with Crippen LogP contribution in [-0.2, 0) is 6.54 Å². The van der Waals surface area contributed by atoms with Gasteiger partial charge in [-0.15, -0.1) is 0 Å². The van der Waals surface area contributed by atoms with E-state index in [1.54, 1.807) is 6.07 Å². The van der Waals surface area contributed by atoms with Gasteiger partial charge in [-0.2, -0.15) is 5.26 Å². The van der Waals surface area contributed by atoms with Crippen molar-refractivity contribution in [1.82, 2.24) is 5.32 Å². The van der Waals surface area contributed by atoms with Gasteiger partial charge < -0.3 is 5.32 Å². The highest BCUT2D eigenvalue weighted by atomic mass is 35.5. The zero-order valence-corrected chi connectivity index (χ0v) is 11.8. The molecule has 0 saturated heterocycles. The molecule has 0 aliphatic heterocycles. The van der Waals surface area contributed by atoms with Gasteiger partial charge in [-0.3, -0.25) is 0 Å². The number of hydrogen-bond acceptors (Lipinski definition) is 2. The van der Waals surface area contributed by atoms with Crippen molar-refractivity contribution in [3.8, 4) is 6.07 Å². The molecule has 0 aliphatic carbocycles. The molecule has 1 N–H and O–H groups in total. The molecule has 2 nitrogen and oxygen atoms in total. The third-order valence-corrected chi connectivity index (χ3v) is 3.41. The van der Waals surface area contributed by atoms with Crippen LogP contribution in [0.25, 0.3) is 0 Å². The summed E-state index contributed by atoms with van der Waals surface area (Å²) in [6.45, 7) is 2.46. The SMILES string of the molecule is C[C@@H](NCc1cc(F)cc(C#N)c1)c1ccccc1Cl. The van der Waals surface area contributed by atoms with Crippen molar-refractivity contribution >= 4 is 11.6 Å². The van der Waals surface area contributed by atoms with E-state index >= 15 is 0 Å². The van der Waals surface area contributed by atoms with Crippen LogP contribution in [0.4, 0.5) is 4.39 Å². The molecule has 0 radical (unpaired) electrons. The molecule has 1 atom stereocenters. The topological polar surface area (TPSA) is 35.8 Å². The largest absolute Gasteiger partial charge is 0.306 e. The second kappa shape index (κ2) is 6.51. The molecule has 2 aromatic rings. The van der Waals surface area contributed by atoms with Gasteiger partial charge in [0.25, 0.3) is 0 Å². The van der Waals surface area contributed by atoms with Crippen molar-refractivity contribution in [1.29, 1.82) is 5.26 Å². The molecule has 0 aromatic heterocycles. The maximum Gasteiger partial charge on any atom is 0.124 e. The zero-order valence-electron chi connectivity index (χ0n) is 11.0. The van der Waals surface area contributed by atoms with Crippen LogP contribution < -0.4 is 5.32 Å². The van der Waals surface area contributed by atoms with Crippen LogP contribution >= 0.6 is 11.6 Å². The summed E-state index contributed by atoms with van der Waals surface area (Å²) in [6.07, 6.45) is 0. The molecule has 0 spiro atoms. The third-order valence-electron chi connectivity index (χ3n) is 3.07. The average molecular weight is 289 g/mol. The van der Waals surface area contributed by atoms with E-state index in [2.05, 4.69) is 5.32 Å². The number of hydrogen-bond donors (Lipinski definition) is 1. The van der Waals surface area contributed by atoms with Crippen molar-refractivity contribution in [3.05, 3.63) is 70.0 Å². The van der Waals surface area contributed by atoms with Crippen molar-refractivity contribution in [2.75, 3.05) is 0 Å². The van der Waals surface area contributed by atoms with E-state index in [9.17, 15) is 4.39 Å². The highest BCUT2D eigenvalue weighted by molar-refractivity contribution is 6.31. The van der Waals surface area contributed by atoms with Crippen LogP contribution in [0.2, 0.25) is 5.02 Å². The van der Waals surface area contributed by atoms with E-state index in [1.807, 2.05) is 37.3 Å². The normalized spacial score (nSPS) is 11.9. The average Bonchev–Trinajstić information content (AvgIpc) is 2.44. The first-order valence-corrected chi connectivity index (χ1v) is 6.65. The van der Waals surface area contributed by atoms with Crippen LogP contribution in [-0.4, -0.2) is 0 Å². The number of halogens is 2. The fourth-order valence-electron chi connectivity index (χ4n) is 2.02. The molecule has 102 valence electrons. The minimum Gasteiger partial charge on any atom is -0.306 e. The fraction of sp³-hybridized carbons (Fsp3) is 0.188. The summed E-state index contributed by atoms with van der Waals surface area (Å²) in [4.78, 5) is 0. The van der Waals surface area contributed by atoms with Gasteiger partial charge in [0.05, 0.1) is 11.6 Å². The van der Waals surface area contributed by atoms with Crippen LogP contribution in [0.3, 0.4) is 0 Å². The van der Waals surface area contributed by atoms with Gasteiger partial charge in [-0.05, 0) is 42.3 Å². The fourth-order valence-corrected chi connectivity index (χ4v) is 2.32. The molecule has 0 bridgehead atoms. The standard InChI is InChI=1S/C16H14ClFN2/c1-11(15-4-2-3-5-16(15)17)20-10-13-6-12(9-19)7-14(18)8-13/h2-8,11,20H,10H2,1H3/t11-/m1/s1. The number of nitrogens with zero attached hydrogens (tertiary/aromatic N) is 1. The Labute approximate surface area is 122 Å². The molecular weight excluding hydrogens is 275 g/mol. The Morgan fingerprint density at radius 2 is 2.05 bits per heavy atom. The summed E-state index contributed by atoms with van der Waals surface area (Å²) in [5.74, 6) is -0.397. The van der Waals surface area contributed by atoms with Gasteiger partial charge in [-0.25, -0.2) is 4.39 Å². The van der Waals surface area contributed by atoms with Crippen molar-refractivity contribution < 1.29 is 4.39 Å². The van der Waals surface area contributed by atoms with Gasteiger partial charge in [0.2, 0.25) is 0 Å². The van der Waals surface area contributed by atoms with Crippen LogP contribution in [0.1, 0.15) is 29.7 Å². The summed E-state index contributed by atoms with van der Waals surface area (Å²) in [5, 5.41) is 12.8. The Hall–Kier alpha value is -1.89. The Kier molecular flexibility index (Phi) is 4.73. The van der Waals surface area contributed by atoms with Crippen molar-refractivity contribution in [3.63, 3.8) is 0 Å². The van der Waals surface area contributed by atoms with Gasteiger partial charge in [0.15, 0.2) is 0 Å². The second-order valence-electron chi connectivity index (χ2n) is 4.58. The number of nitrogens with one attached hydrogen (secondary N) is 1. The van der Waals surface area contributed by atoms with Crippen molar-refractivity contribution in [2.45, 2.75) is 19.5 Å². The molecule has 0 heterocycles. The van der Waals surface area contributed by atoms with Gasteiger partial charge >= 0.3 is 0 Å². The van der Waals surface area contributed by atoms with Crippen LogP contribution in [0.5, 0.6) is 0 Å². The first kappa shape index (κ1) is 14.5. The van der Waals surface area contributed by atoms with Gasteiger partial charge in [-0.1, -0.05) is 29.8 Å². The molecule has 20 heavy (non-hydrogen) atoms. The molecule has 2 aromatic carbocycles. The number of rotatable bonds is 4. The Morgan fingerprint density at radius 3 is 2.75 bits per heavy atom. The monoisotopic (exact) mass is 288 g/mol. The summed E-state index contributed by atoms with van der Waals surface area (Å²) in [5.41, 5.74) is 2.05. The molecule has 0 aliphatic rings. The van der Waals surface area contributed by atoms with Crippen LogP contribution in [0, 0.1) is 17.1 Å². The molecule has 0 unspecified atom stereocenters. The second-order valence-corrected chi connectivity index (χ2v) is 4.99. The van der Waals surface area contributed by atoms with E-state index in [0.29, 0.717) is 17.1 Å². The molecule has 0 amide bonds. The van der Waals surface area contributed by atoms with Gasteiger partial charge in [0.1, 0.15) is 5.82 Å². The smallest absolute Gasteiger partial charge is 0.124 e. The maximum atomic E-state index is 13.3. The quantitative estimate of drug-likeness (QED) is 0.915. The first-order chi connectivity index (χ1) is 9.60. The summed E-state index contributed by atoms with van der Waals surface area (Å²) >= 11 is 6.13. The van der Waals surface area contributed by atoms with E-state index in [-0.39, 0.29) is 6.04 Å². The van der Waals surface area contributed by atoms with Crippen molar-refractivity contribution in [2.24, 2.45) is 0 Å². The lowest BCUT2D eigenvalue weighted by Gasteiger charge is -2.15. The number of nitriles is 1. The number of benzene rings is 2. The minimum absolute atomic E-state index is 0.0394. The Balaban J connectivity index is 2.08. The lowest BCUT2D eigenvalue weighted by atomic mass is 10.1. The maximum absolute atomic E-state index is 13.3. The predicted molar refractivity (Wildman–Crippen MR) is 77.8 cm³/mol. The molecule has 2 rings (SSSR count). The van der Waals surface area contributed by atoms with E-state index in [1.165, 1.54) is 12.1 Å².